The lowest BCUT2D eigenvalue weighted by molar-refractivity contribution is 0.0374. The Bertz CT molecular complexity index is 331. The Hall–Kier alpha value is -0.0900. The van der Waals surface area contributed by atoms with Crippen LogP contribution in [0.15, 0.2) is 22.7 Å². The maximum atomic E-state index is 9.73. The van der Waals surface area contributed by atoms with Crippen LogP contribution in [0.5, 0.6) is 0 Å². The van der Waals surface area contributed by atoms with Gasteiger partial charge in [-0.25, -0.2) is 0 Å². The standard InChI is InChI=1S/C12H16BrClO2/c1-2-5-16-8-11(15)6-9-3-4-10(13)7-12(9)14/h3-4,7,11,15H,2,5-6,8H2,1H3. The zero-order chi connectivity index (χ0) is 12.0. The zero-order valence-electron chi connectivity index (χ0n) is 9.25. The molecule has 2 nitrogen and oxygen atoms in total. The molecule has 0 amide bonds. The van der Waals surface area contributed by atoms with Crippen LogP contribution in [0.25, 0.3) is 0 Å². The van der Waals surface area contributed by atoms with Gasteiger partial charge in [0.15, 0.2) is 0 Å². The molecular weight excluding hydrogens is 291 g/mol. The minimum absolute atomic E-state index is 0.361. The van der Waals surface area contributed by atoms with E-state index < -0.39 is 6.10 Å². The van der Waals surface area contributed by atoms with E-state index in [1.165, 1.54) is 0 Å². The van der Waals surface area contributed by atoms with Crippen molar-refractivity contribution in [1.29, 1.82) is 0 Å². The summed E-state index contributed by atoms with van der Waals surface area (Å²) in [6, 6.07) is 5.66. The van der Waals surface area contributed by atoms with Crippen molar-refractivity contribution >= 4 is 27.5 Å². The number of hydrogen-bond acceptors (Lipinski definition) is 2. The second-order valence-corrected chi connectivity index (χ2v) is 4.99. The molecule has 1 N–H and O–H groups in total. The number of ether oxygens (including phenoxy) is 1. The molecule has 0 radical (unpaired) electrons. The van der Waals surface area contributed by atoms with Crippen LogP contribution in [-0.4, -0.2) is 24.4 Å². The van der Waals surface area contributed by atoms with Crippen molar-refractivity contribution in [2.45, 2.75) is 25.9 Å². The first kappa shape index (κ1) is 14.0. The highest BCUT2D eigenvalue weighted by Crippen LogP contribution is 2.22. The fourth-order valence-corrected chi connectivity index (χ4v) is 2.11. The molecule has 16 heavy (non-hydrogen) atoms. The fraction of sp³-hybridized carbons (Fsp3) is 0.500. The Morgan fingerprint density at radius 2 is 2.25 bits per heavy atom. The van der Waals surface area contributed by atoms with E-state index in [1.54, 1.807) is 0 Å². The zero-order valence-corrected chi connectivity index (χ0v) is 11.6. The van der Waals surface area contributed by atoms with Crippen molar-refractivity contribution < 1.29 is 9.84 Å². The third-order valence-corrected chi connectivity index (χ3v) is 2.97. The molecule has 90 valence electrons. The molecule has 0 spiro atoms. The fourth-order valence-electron chi connectivity index (χ4n) is 1.36. The molecule has 0 aliphatic heterocycles. The van der Waals surface area contributed by atoms with Crippen LogP contribution >= 0.6 is 27.5 Å². The summed E-state index contributed by atoms with van der Waals surface area (Å²) in [5.41, 5.74) is 0.942. The van der Waals surface area contributed by atoms with Gasteiger partial charge in [-0.15, -0.1) is 0 Å². The molecule has 4 heteroatoms. The molecule has 1 atom stereocenters. The van der Waals surface area contributed by atoms with Crippen LogP contribution in [0.4, 0.5) is 0 Å². The summed E-state index contributed by atoms with van der Waals surface area (Å²) in [7, 11) is 0. The summed E-state index contributed by atoms with van der Waals surface area (Å²) in [4.78, 5) is 0. The lowest BCUT2D eigenvalue weighted by Crippen LogP contribution is -2.18. The smallest absolute Gasteiger partial charge is 0.0814 e. The summed E-state index contributed by atoms with van der Waals surface area (Å²) in [6.45, 7) is 3.09. The minimum Gasteiger partial charge on any atom is -0.390 e. The van der Waals surface area contributed by atoms with E-state index in [-0.39, 0.29) is 0 Å². The van der Waals surface area contributed by atoms with Crippen molar-refractivity contribution in [3.8, 4) is 0 Å². The Morgan fingerprint density at radius 1 is 1.50 bits per heavy atom. The molecule has 1 unspecified atom stereocenters. The second kappa shape index (κ2) is 7.28. The topological polar surface area (TPSA) is 29.5 Å². The maximum Gasteiger partial charge on any atom is 0.0814 e. The third-order valence-electron chi connectivity index (χ3n) is 2.13. The molecule has 0 aliphatic rings. The summed E-state index contributed by atoms with van der Waals surface area (Å²) < 4.78 is 6.22. The molecule has 0 aliphatic carbocycles. The summed E-state index contributed by atoms with van der Waals surface area (Å²) in [5, 5.41) is 10.4. The van der Waals surface area contributed by atoms with Gasteiger partial charge in [-0.3, -0.25) is 0 Å². The molecule has 0 fully saturated rings. The van der Waals surface area contributed by atoms with Crippen molar-refractivity contribution in [1.82, 2.24) is 0 Å². The SMILES string of the molecule is CCCOCC(O)Cc1ccc(Br)cc1Cl. The van der Waals surface area contributed by atoms with E-state index in [0.29, 0.717) is 24.7 Å². The van der Waals surface area contributed by atoms with E-state index in [9.17, 15) is 5.11 Å². The predicted molar refractivity (Wildman–Crippen MR) is 70.0 cm³/mol. The van der Waals surface area contributed by atoms with Gasteiger partial charge in [-0.05, 0) is 24.1 Å². The monoisotopic (exact) mass is 306 g/mol. The van der Waals surface area contributed by atoms with Gasteiger partial charge in [-0.1, -0.05) is 40.5 Å². The van der Waals surface area contributed by atoms with Crippen molar-refractivity contribution in [3.05, 3.63) is 33.3 Å². The quantitative estimate of drug-likeness (QED) is 0.816. The number of hydrogen-bond donors (Lipinski definition) is 1. The Labute approximate surface area is 110 Å². The van der Waals surface area contributed by atoms with Gasteiger partial charge in [0.05, 0.1) is 12.7 Å². The number of benzene rings is 1. The van der Waals surface area contributed by atoms with E-state index in [4.69, 9.17) is 16.3 Å². The number of rotatable bonds is 6. The second-order valence-electron chi connectivity index (χ2n) is 3.67. The Balaban J connectivity index is 2.46. The lowest BCUT2D eigenvalue weighted by atomic mass is 10.1. The average molecular weight is 308 g/mol. The normalized spacial score (nSPS) is 12.8. The molecular formula is C12H16BrClO2. The molecule has 0 aromatic heterocycles. The van der Waals surface area contributed by atoms with Crippen LogP contribution in [0.2, 0.25) is 5.02 Å². The van der Waals surface area contributed by atoms with Crippen LogP contribution in [0.3, 0.4) is 0 Å². The van der Waals surface area contributed by atoms with Crippen LogP contribution < -0.4 is 0 Å². The minimum atomic E-state index is -0.495. The van der Waals surface area contributed by atoms with E-state index in [2.05, 4.69) is 15.9 Å². The van der Waals surface area contributed by atoms with Gasteiger partial charge >= 0.3 is 0 Å². The molecule has 1 aromatic carbocycles. The molecule has 0 bridgehead atoms. The number of aliphatic hydroxyl groups excluding tert-OH is 1. The van der Waals surface area contributed by atoms with Crippen LogP contribution in [0.1, 0.15) is 18.9 Å². The largest absolute Gasteiger partial charge is 0.390 e. The van der Waals surface area contributed by atoms with E-state index in [0.717, 1.165) is 16.5 Å². The van der Waals surface area contributed by atoms with Gasteiger partial charge in [0.25, 0.3) is 0 Å². The van der Waals surface area contributed by atoms with Gasteiger partial charge in [0, 0.05) is 22.5 Å². The highest BCUT2D eigenvalue weighted by Gasteiger charge is 2.08. The van der Waals surface area contributed by atoms with Gasteiger partial charge < -0.3 is 9.84 Å². The van der Waals surface area contributed by atoms with Gasteiger partial charge in [0.2, 0.25) is 0 Å². The predicted octanol–water partition coefficient (Wildman–Crippen LogP) is 3.43. The van der Waals surface area contributed by atoms with E-state index >= 15 is 0 Å². The number of halogens is 2. The van der Waals surface area contributed by atoms with Crippen LogP contribution in [0, 0.1) is 0 Å². The highest BCUT2D eigenvalue weighted by atomic mass is 79.9. The first-order valence-corrected chi connectivity index (χ1v) is 6.50. The molecule has 0 heterocycles. The number of aliphatic hydroxyl groups is 1. The molecule has 1 rings (SSSR count). The van der Waals surface area contributed by atoms with Gasteiger partial charge in [-0.2, -0.15) is 0 Å². The van der Waals surface area contributed by atoms with Gasteiger partial charge in [0.1, 0.15) is 0 Å². The maximum absolute atomic E-state index is 9.73. The average Bonchev–Trinajstić information content (AvgIpc) is 2.23. The Kier molecular flexibility index (Phi) is 6.36. The lowest BCUT2D eigenvalue weighted by Gasteiger charge is -2.12. The van der Waals surface area contributed by atoms with Crippen molar-refractivity contribution in [2.75, 3.05) is 13.2 Å². The van der Waals surface area contributed by atoms with E-state index in [1.807, 2.05) is 25.1 Å². The first-order valence-electron chi connectivity index (χ1n) is 5.33. The van der Waals surface area contributed by atoms with Crippen LogP contribution in [-0.2, 0) is 11.2 Å². The molecule has 0 saturated carbocycles. The summed E-state index contributed by atoms with van der Waals surface area (Å²) in [5.74, 6) is 0. The highest BCUT2D eigenvalue weighted by molar-refractivity contribution is 9.10. The van der Waals surface area contributed by atoms with Crippen molar-refractivity contribution in [2.24, 2.45) is 0 Å². The summed E-state index contributed by atoms with van der Waals surface area (Å²) >= 11 is 9.40. The molecule has 1 aromatic rings. The first-order chi connectivity index (χ1) is 7.63. The summed E-state index contributed by atoms with van der Waals surface area (Å²) in [6.07, 6.45) is 0.993. The van der Waals surface area contributed by atoms with Crippen molar-refractivity contribution in [3.63, 3.8) is 0 Å². The Morgan fingerprint density at radius 3 is 2.88 bits per heavy atom. The third kappa shape index (κ3) is 4.83. The molecule has 0 saturated heterocycles.